The van der Waals surface area contributed by atoms with E-state index >= 15 is 0 Å². The van der Waals surface area contributed by atoms with Crippen LogP contribution in [0.1, 0.15) is 31.7 Å². The van der Waals surface area contributed by atoms with E-state index in [0.717, 1.165) is 17.8 Å². The van der Waals surface area contributed by atoms with Crippen LogP contribution in [0.15, 0.2) is 0 Å². The number of hydrogen-bond acceptors (Lipinski definition) is 3. The van der Waals surface area contributed by atoms with Gasteiger partial charge in [-0.25, -0.2) is 0 Å². The van der Waals surface area contributed by atoms with Crippen LogP contribution >= 0.6 is 11.6 Å². The van der Waals surface area contributed by atoms with E-state index in [1.165, 1.54) is 0 Å². The number of aromatic nitrogens is 2. The number of hydrogen-bond donors (Lipinski definition) is 1. The van der Waals surface area contributed by atoms with E-state index in [2.05, 4.69) is 18.9 Å². The predicted octanol–water partition coefficient (Wildman–Crippen LogP) is 2.11. The van der Waals surface area contributed by atoms with Crippen LogP contribution in [-0.2, 0) is 18.3 Å². The summed E-state index contributed by atoms with van der Waals surface area (Å²) in [6.07, 6.45) is 1.13. The molecule has 1 aromatic rings. The molecule has 2 N–H and O–H groups in total. The van der Waals surface area contributed by atoms with E-state index in [1.807, 2.05) is 6.92 Å². The zero-order valence-corrected chi connectivity index (χ0v) is 12.3. The van der Waals surface area contributed by atoms with E-state index < -0.39 is 0 Å². The minimum absolute atomic E-state index is 0.0868. The van der Waals surface area contributed by atoms with Crippen LogP contribution in [-0.4, -0.2) is 22.1 Å². The largest absolute Gasteiger partial charge is 0.330 e. The zero-order chi connectivity index (χ0) is 13.9. The Balaban J connectivity index is 2.80. The highest BCUT2D eigenvalue weighted by atomic mass is 35.5. The van der Waals surface area contributed by atoms with Gasteiger partial charge in [-0.1, -0.05) is 25.4 Å². The van der Waals surface area contributed by atoms with Crippen molar-refractivity contribution in [2.45, 2.75) is 33.6 Å². The lowest BCUT2D eigenvalue weighted by Gasteiger charge is -2.15. The van der Waals surface area contributed by atoms with Crippen LogP contribution in [0, 0.1) is 18.8 Å². The number of aryl methyl sites for hydroxylation is 2. The van der Waals surface area contributed by atoms with Crippen LogP contribution in [0.3, 0.4) is 0 Å². The Hall–Kier alpha value is -0.870. The van der Waals surface area contributed by atoms with E-state index in [1.54, 1.807) is 11.7 Å². The van der Waals surface area contributed by atoms with Crippen molar-refractivity contribution in [1.82, 2.24) is 9.78 Å². The Morgan fingerprint density at radius 1 is 1.50 bits per heavy atom. The highest BCUT2D eigenvalue weighted by molar-refractivity contribution is 6.32. The summed E-state index contributed by atoms with van der Waals surface area (Å²) in [5.41, 5.74) is 7.22. The molecule has 0 saturated carbocycles. The number of halogens is 1. The minimum atomic E-state index is -0.0868. The minimum Gasteiger partial charge on any atom is -0.330 e. The fourth-order valence-electron chi connectivity index (χ4n) is 2.11. The van der Waals surface area contributed by atoms with Crippen LogP contribution in [0.4, 0.5) is 0 Å². The fourth-order valence-corrected chi connectivity index (χ4v) is 2.34. The number of nitrogens with two attached hydrogens (primary N) is 1. The van der Waals surface area contributed by atoms with Gasteiger partial charge in [0.05, 0.1) is 22.8 Å². The molecule has 0 bridgehead atoms. The second kappa shape index (κ2) is 6.34. The molecule has 1 atom stereocenters. The number of carbonyl (C=O) groups excluding carboxylic acids is 1. The summed E-state index contributed by atoms with van der Waals surface area (Å²) in [4.78, 5) is 12.2. The summed E-state index contributed by atoms with van der Waals surface area (Å²) in [5, 5.41) is 4.80. The van der Waals surface area contributed by atoms with Gasteiger partial charge in [-0.15, -0.1) is 0 Å². The van der Waals surface area contributed by atoms with Gasteiger partial charge in [-0.2, -0.15) is 5.10 Å². The van der Waals surface area contributed by atoms with Crippen LogP contribution in [0.5, 0.6) is 0 Å². The maximum Gasteiger partial charge on any atom is 0.143 e. The molecule has 0 saturated heterocycles. The van der Waals surface area contributed by atoms with Crippen molar-refractivity contribution >= 4 is 17.4 Å². The molecule has 1 unspecified atom stereocenters. The molecule has 0 spiro atoms. The van der Waals surface area contributed by atoms with Crippen LogP contribution in [0.25, 0.3) is 0 Å². The first-order valence-corrected chi connectivity index (χ1v) is 6.65. The van der Waals surface area contributed by atoms with E-state index in [0.29, 0.717) is 23.9 Å². The molecule has 1 aromatic heterocycles. The summed E-state index contributed by atoms with van der Waals surface area (Å²) < 4.78 is 1.68. The summed E-state index contributed by atoms with van der Waals surface area (Å²) in [6, 6.07) is 0. The Morgan fingerprint density at radius 3 is 2.50 bits per heavy atom. The van der Waals surface area contributed by atoms with Crippen molar-refractivity contribution in [3.8, 4) is 0 Å². The van der Waals surface area contributed by atoms with Gasteiger partial charge in [0.15, 0.2) is 0 Å². The zero-order valence-electron chi connectivity index (χ0n) is 11.5. The molecule has 1 rings (SSSR count). The molecule has 18 heavy (non-hydrogen) atoms. The first-order valence-electron chi connectivity index (χ1n) is 6.27. The Labute approximate surface area is 113 Å². The highest BCUT2D eigenvalue weighted by Crippen LogP contribution is 2.22. The third kappa shape index (κ3) is 3.56. The van der Waals surface area contributed by atoms with Gasteiger partial charge in [-0.05, 0) is 19.3 Å². The van der Waals surface area contributed by atoms with E-state index in [-0.39, 0.29) is 11.7 Å². The molecular weight excluding hydrogens is 250 g/mol. The first-order chi connectivity index (χ1) is 8.36. The molecule has 5 heteroatoms. The second-order valence-corrected chi connectivity index (χ2v) is 5.55. The SMILES string of the molecule is Cc1nn(C)c(CC(=O)C(CN)CC(C)C)c1Cl. The molecule has 0 aromatic carbocycles. The van der Waals surface area contributed by atoms with Crippen molar-refractivity contribution in [3.63, 3.8) is 0 Å². The van der Waals surface area contributed by atoms with Gasteiger partial charge in [0.1, 0.15) is 5.78 Å². The maximum absolute atomic E-state index is 12.2. The van der Waals surface area contributed by atoms with Gasteiger partial charge in [0, 0.05) is 19.5 Å². The van der Waals surface area contributed by atoms with Crippen molar-refractivity contribution in [2.24, 2.45) is 24.6 Å². The maximum atomic E-state index is 12.2. The topological polar surface area (TPSA) is 60.9 Å². The molecule has 4 nitrogen and oxygen atoms in total. The summed E-state index contributed by atoms with van der Waals surface area (Å²) in [6.45, 7) is 6.42. The Kier molecular flexibility index (Phi) is 5.35. The predicted molar refractivity (Wildman–Crippen MR) is 73.7 cm³/mol. The lowest BCUT2D eigenvalue weighted by molar-refractivity contribution is -0.122. The third-order valence-corrected chi connectivity index (χ3v) is 3.59. The molecule has 0 fully saturated rings. The summed E-state index contributed by atoms with van der Waals surface area (Å²) >= 11 is 6.14. The van der Waals surface area contributed by atoms with Crippen molar-refractivity contribution in [3.05, 3.63) is 16.4 Å². The number of rotatable bonds is 6. The van der Waals surface area contributed by atoms with Crippen molar-refractivity contribution in [2.75, 3.05) is 6.54 Å². The van der Waals surface area contributed by atoms with Gasteiger partial charge in [0.2, 0.25) is 0 Å². The fraction of sp³-hybridized carbons (Fsp3) is 0.692. The molecule has 0 amide bonds. The van der Waals surface area contributed by atoms with Crippen LogP contribution < -0.4 is 5.73 Å². The molecule has 1 heterocycles. The molecule has 0 aliphatic heterocycles. The Bertz CT molecular complexity index is 426. The van der Waals surface area contributed by atoms with Crippen LogP contribution in [0.2, 0.25) is 5.02 Å². The molecule has 0 aliphatic rings. The highest BCUT2D eigenvalue weighted by Gasteiger charge is 2.22. The standard InChI is InChI=1S/C13H22ClN3O/c1-8(2)5-10(7-15)12(18)6-11-13(14)9(3)16-17(11)4/h8,10H,5-7,15H2,1-4H3. The quantitative estimate of drug-likeness (QED) is 0.862. The number of ketones is 1. The normalized spacial score (nSPS) is 13.1. The van der Waals surface area contributed by atoms with Gasteiger partial charge >= 0.3 is 0 Å². The smallest absolute Gasteiger partial charge is 0.143 e. The van der Waals surface area contributed by atoms with E-state index in [9.17, 15) is 4.79 Å². The van der Waals surface area contributed by atoms with Gasteiger partial charge in [-0.3, -0.25) is 9.48 Å². The number of Topliss-reactive ketones (excluding diaryl/α,β-unsaturated/α-hetero) is 1. The van der Waals surface area contributed by atoms with Gasteiger partial charge in [0.25, 0.3) is 0 Å². The monoisotopic (exact) mass is 271 g/mol. The lowest BCUT2D eigenvalue weighted by atomic mass is 9.91. The average molecular weight is 272 g/mol. The van der Waals surface area contributed by atoms with Gasteiger partial charge < -0.3 is 5.73 Å². The molecular formula is C13H22ClN3O. The summed E-state index contributed by atoms with van der Waals surface area (Å²) in [7, 11) is 1.81. The van der Waals surface area contributed by atoms with Crippen molar-refractivity contribution in [1.29, 1.82) is 0 Å². The summed E-state index contributed by atoms with van der Waals surface area (Å²) in [5.74, 6) is 0.526. The van der Waals surface area contributed by atoms with Crippen molar-refractivity contribution < 1.29 is 4.79 Å². The van der Waals surface area contributed by atoms with E-state index in [4.69, 9.17) is 17.3 Å². The first kappa shape index (κ1) is 15.2. The second-order valence-electron chi connectivity index (χ2n) is 5.17. The third-order valence-electron chi connectivity index (χ3n) is 3.10. The number of carbonyl (C=O) groups is 1. The molecule has 0 radical (unpaired) electrons. The average Bonchev–Trinajstić information content (AvgIpc) is 2.52. The molecule has 102 valence electrons. The Morgan fingerprint density at radius 2 is 2.11 bits per heavy atom. The number of nitrogens with zero attached hydrogens (tertiary/aromatic N) is 2. The molecule has 0 aliphatic carbocycles. The lowest BCUT2D eigenvalue weighted by Crippen LogP contribution is -2.27.